The molecule has 0 radical (unpaired) electrons. The third-order valence-electron chi connectivity index (χ3n) is 3.86. The van der Waals surface area contributed by atoms with Crippen molar-refractivity contribution >= 4 is 0 Å². The number of rotatable bonds is 10. The number of pyridine rings is 2. The first-order valence-electron chi connectivity index (χ1n) is 8.46. The number of hydrogen-bond donors (Lipinski definition) is 0. The Labute approximate surface area is 154 Å². The molecule has 0 spiro atoms. The Morgan fingerprint density at radius 2 is 2.23 bits per heavy atom. The van der Waals surface area contributed by atoms with Crippen molar-refractivity contribution in [3.63, 3.8) is 0 Å². The summed E-state index contributed by atoms with van der Waals surface area (Å²) in [6.07, 6.45) is 8.62. The fourth-order valence-electron chi connectivity index (χ4n) is 2.67. The van der Waals surface area contributed by atoms with E-state index in [4.69, 9.17) is 9.47 Å². The summed E-state index contributed by atoms with van der Waals surface area (Å²) in [4.78, 5) is 10.4. The van der Waals surface area contributed by atoms with Crippen molar-refractivity contribution in [1.82, 2.24) is 14.9 Å². The summed E-state index contributed by atoms with van der Waals surface area (Å²) in [6.45, 7) is 5.26. The van der Waals surface area contributed by atoms with Gasteiger partial charge in [0.2, 0.25) is 5.88 Å². The molecule has 6 nitrogen and oxygen atoms in total. The topological polar surface area (TPSA) is 71.3 Å². The maximum absolute atomic E-state index is 9.41. The number of methoxy groups -OCH3 is 1. The standard InChI is InChI=1S/C20H24N4O2/c1-4-5-8-17(15-24(2)14-16-7-6-10-22-13-16)26-19-9-11-23-20(25-3)18(19)12-21/h4,6-7,9-11,13,17H,1,5,8,14-15H2,2-3H3/t17-/m1/s1. The van der Waals surface area contributed by atoms with Gasteiger partial charge < -0.3 is 9.47 Å². The summed E-state index contributed by atoms with van der Waals surface area (Å²) in [5.41, 5.74) is 1.45. The van der Waals surface area contributed by atoms with Gasteiger partial charge in [0.25, 0.3) is 0 Å². The average Bonchev–Trinajstić information content (AvgIpc) is 2.66. The smallest absolute Gasteiger partial charge is 0.235 e. The number of likely N-dealkylation sites (N-methyl/N-ethyl adjacent to an activating group) is 1. The maximum atomic E-state index is 9.41. The van der Waals surface area contributed by atoms with Crippen LogP contribution in [0.25, 0.3) is 0 Å². The molecule has 0 aliphatic carbocycles. The van der Waals surface area contributed by atoms with E-state index in [1.165, 1.54) is 7.11 Å². The fraction of sp³-hybridized carbons (Fsp3) is 0.350. The Balaban J connectivity index is 2.10. The van der Waals surface area contributed by atoms with Gasteiger partial charge in [-0.1, -0.05) is 12.1 Å². The summed E-state index contributed by atoms with van der Waals surface area (Å²) in [7, 11) is 3.53. The zero-order valence-corrected chi connectivity index (χ0v) is 15.3. The Kier molecular flexibility index (Phi) is 7.59. The lowest BCUT2D eigenvalue weighted by molar-refractivity contribution is 0.136. The van der Waals surface area contributed by atoms with Crippen molar-refractivity contribution in [2.45, 2.75) is 25.5 Å². The summed E-state index contributed by atoms with van der Waals surface area (Å²) < 4.78 is 11.3. The second-order valence-electron chi connectivity index (χ2n) is 5.97. The van der Waals surface area contributed by atoms with Gasteiger partial charge in [0.15, 0.2) is 5.56 Å². The van der Waals surface area contributed by atoms with Crippen molar-refractivity contribution < 1.29 is 9.47 Å². The van der Waals surface area contributed by atoms with Gasteiger partial charge in [0, 0.05) is 37.7 Å². The van der Waals surface area contributed by atoms with Crippen molar-refractivity contribution in [1.29, 1.82) is 5.26 Å². The van der Waals surface area contributed by atoms with E-state index in [0.717, 1.165) is 24.9 Å². The lowest BCUT2D eigenvalue weighted by Crippen LogP contribution is -2.33. The van der Waals surface area contributed by atoms with Crippen LogP contribution in [0, 0.1) is 11.3 Å². The predicted octanol–water partition coefficient (Wildman–Crippen LogP) is 3.20. The summed E-state index contributed by atoms with van der Waals surface area (Å²) in [6, 6.07) is 7.79. The molecular weight excluding hydrogens is 328 g/mol. The second kappa shape index (κ2) is 10.2. The first-order chi connectivity index (χ1) is 12.7. The number of aromatic nitrogens is 2. The van der Waals surface area contributed by atoms with E-state index in [9.17, 15) is 5.26 Å². The molecule has 0 saturated carbocycles. The van der Waals surface area contributed by atoms with Crippen molar-refractivity contribution in [3.05, 3.63) is 60.6 Å². The van der Waals surface area contributed by atoms with Crippen LogP contribution >= 0.6 is 0 Å². The predicted molar refractivity (Wildman–Crippen MR) is 99.9 cm³/mol. The van der Waals surface area contributed by atoms with Crippen molar-refractivity contribution in [2.24, 2.45) is 0 Å². The van der Waals surface area contributed by atoms with Gasteiger partial charge in [-0.15, -0.1) is 6.58 Å². The van der Waals surface area contributed by atoms with Crippen LogP contribution in [-0.4, -0.2) is 41.7 Å². The highest BCUT2D eigenvalue weighted by molar-refractivity contribution is 5.49. The minimum absolute atomic E-state index is 0.0890. The highest BCUT2D eigenvalue weighted by atomic mass is 16.5. The monoisotopic (exact) mass is 352 g/mol. The molecule has 2 rings (SSSR count). The van der Waals surface area contributed by atoms with Crippen LogP contribution in [-0.2, 0) is 6.54 Å². The molecule has 0 aliphatic rings. The largest absolute Gasteiger partial charge is 0.487 e. The Morgan fingerprint density at radius 3 is 2.88 bits per heavy atom. The van der Waals surface area contributed by atoms with Gasteiger partial charge in [0.05, 0.1) is 7.11 Å². The lowest BCUT2D eigenvalue weighted by Gasteiger charge is -2.25. The van der Waals surface area contributed by atoms with Gasteiger partial charge in [-0.05, 0) is 31.5 Å². The molecule has 0 aliphatic heterocycles. The van der Waals surface area contributed by atoms with Crippen LogP contribution in [0.15, 0.2) is 49.4 Å². The minimum Gasteiger partial charge on any atom is -0.487 e. The van der Waals surface area contributed by atoms with Crippen LogP contribution in [0.5, 0.6) is 11.6 Å². The third kappa shape index (κ3) is 5.57. The van der Waals surface area contributed by atoms with E-state index in [2.05, 4.69) is 27.5 Å². The van der Waals surface area contributed by atoms with E-state index in [0.29, 0.717) is 17.9 Å². The minimum atomic E-state index is -0.0890. The van der Waals surface area contributed by atoms with Crippen LogP contribution < -0.4 is 9.47 Å². The summed E-state index contributed by atoms with van der Waals surface area (Å²) >= 11 is 0. The molecule has 0 amide bonds. The number of nitriles is 1. The molecule has 0 aromatic carbocycles. The third-order valence-corrected chi connectivity index (χ3v) is 3.86. The quantitative estimate of drug-likeness (QED) is 0.612. The first-order valence-corrected chi connectivity index (χ1v) is 8.46. The maximum Gasteiger partial charge on any atom is 0.235 e. The molecule has 1 atom stereocenters. The number of ether oxygens (including phenoxy) is 2. The van der Waals surface area contributed by atoms with Crippen LogP contribution in [0.2, 0.25) is 0 Å². The van der Waals surface area contributed by atoms with Gasteiger partial charge in [-0.25, -0.2) is 4.98 Å². The van der Waals surface area contributed by atoms with Gasteiger partial charge >= 0.3 is 0 Å². The average molecular weight is 352 g/mol. The van der Waals surface area contributed by atoms with Crippen molar-refractivity contribution in [2.75, 3.05) is 20.7 Å². The van der Waals surface area contributed by atoms with Crippen LogP contribution in [0.1, 0.15) is 24.0 Å². The van der Waals surface area contributed by atoms with Gasteiger partial charge in [0.1, 0.15) is 17.9 Å². The Hall–Kier alpha value is -2.91. The molecule has 0 fully saturated rings. The van der Waals surface area contributed by atoms with E-state index in [1.54, 1.807) is 18.5 Å². The fourth-order valence-corrected chi connectivity index (χ4v) is 2.67. The molecule has 0 saturated heterocycles. The lowest BCUT2D eigenvalue weighted by atomic mass is 10.1. The van der Waals surface area contributed by atoms with Crippen molar-refractivity contribution in [3.8, 4) is 17.7 Å². The second-order valence-corrected chi connectivity index (χ2v) is 5.97. The zero-order valence-electron chi connectivity index (χ0n) is 15.3. The van der Waals surface area contributed by atoms with Gasteiger partial charge in [-0.3, -0.25) is 9.88 Å². The molecule has 26 heavy (non-hydrogen) atoms. The molecule has 6 heteroatoms. The number of hydrogen-bond acceptors (Lipinski definition) is 6. The normalized spacial score (nSPS) is 11.6. The molecule has 136 valence electrons. The molecule has 0 N–H and O–H groups in total. The first kappa shape index (κ1) is 19.4. The van der Waals surface area contributed by atoms with E-state index >= 15 is 0 Å². The van der Waals surface area contributed by atoms with E-state index in [-0.39, 0.29) is 12.0 Å². The molecule has 2 heterocycles. The van der Waals surface area contributed by atoms with Gasteiger partial charge in [-0.2, -0.15) is 5.26 Å². The summed E-state index contributed by atoms with van der Waals surface area (Å²) in [5.74, 6) is 0.763. The Bertz CT molecular complexity index is 743. The number of allylic oxidation sites excluding steroid dienone is 1. The molecule has 2 aromatic heterocycles. The molecule has 0 bridgehead atoms. The zero-order chi connectivity index (χ0) is 18.8. The van der Waals surface area contributed by atoms with E-state index < -0.39 is 0 Å². The molecule has 2 aromatic rings. The molecule has 0 unspecified atom stereocenters. The number of nitrogens with zero attached hydrogens (tertiary/aromatic N) is 4. The highest BCUT2D eigenvalue weighted by Crippen LogP contribution is 2.26. The van der Waals surface area contributed by atoms with E-state index in [1.807, 2.05) is 31.5 Å². The van der Waals surface area contributed by atoms with Crippen LogP contribution in [0.3, 0.4) is 0 Å². The SMILES string of the molecule is C=CCC[C@H](CN(C)Cc1cccnc1)Oc1ccnc(OC)c1C#N. The van der Waals surface area contributed by atoms with Crippen LogP contribution in [0.4, 0.5) is 0 Å². The Morgan fingerprint density at radius 1 is 1.38 bits per heavy atom. The highest BCUT2D eigenvalue weighted by Gasteiger charge is 2.18. The summed E-state index contributed by atoms with van der Waals surface area (Å²) in [5, 5.41) is 9.41. The molecular formula is C20H24N4O2.